The largest absolute Gasteiger partial charge is 0.497 e. The van der Waals surface area contributed by atoms with Crippen LogP contribution in [-0.2, 0) is 6.42 Å². The van der Waals surface area contributed by atoms with E-state index in [4.69, 9.17) is 9.26 Å². The van der Waals surface area contributed by atoms with Crippen LogP contribution >= 0.6 is 0 Å². The van der Waals surface area contributed by atoms with E-state index in [1.807, 2.05) is 24.3 Å². The molecule has 0 aliphatic carbocycles. The van der Waals surface area contributed by atoms with Crippen molar-refractivity contribution < 1.29 is 9.26 Å². The SMILES string of the molecule is COc1ccc(Cc2noc(C3CCCCN3)n2)cc1. The first kappa shape index (κ1) is 13.1. The van der Waals surface area contributed by atoms with Crippen molar-refractivity contribution in [2.45, 2.75) is 31.7 Å². The van der Waals surface area contributed by atoms with Crippen LogP contribution in [0.25, 0.3) is 0 Å². The second-order valence-corrected chi connectivity index (χ2v) is 5.08. The van der Waals surface area contributed by atoms with Crippen molar-refractivity contribution in [1.29, 1.82) is 0 Å². The molecule has 0 bridgehead atoms. The summed E-state index contributed by atoms with van der Waals surface area (Å²) in [6, 6.07) is 8.15. The lowest BCUT2D eigenvalue weighted by atomic mass is 10.1. The average Bonchev–Trinajstić information content (AvgIpc) is 2.97. The van der Waals surface area contributed by atoms with Gasteiger partial charge >= 0.3 is 0 Å². The van der Waals surface area contributed by atoms with E-state index >= 15 is 0 Å². The molecule has 106 valence electrons. The van der Waals surface area contributed by atoms with Gasteiger partial charge in [-0.25, -0.2) is 0 Å². The lowest BCUT2D eigenvalue weighted by molar-refractivity contribution is 0.296. The summed E-state index contributed by atoms with van der Waals surface area (Å²) in [6.45, 7) is 1.03. The van der Waals surface area contributed by atoms with Gasteiger partial charge in [0.25, 0.3) is 0 Å². The van der Waals surface area contributed by atoms with Gasteiger partial charge in [-0.15, -0.1) is 0 Å². The minimum Gasteiger partial charge on any atom is -0.497 e. The average molecular weight is 273 g/mol. The summed E-state index contributed by atoms with van der Waals surface area (Å²) < 4.78 is 10.5. The van der Waals surface area contributed by atoms with Crippen LogP contribution in [0.2, 0.25) is 0 Å². The molecule has 20 heavy (non-hydrogen) atoms. The predicted molar refractivity (Wildman–Crippen MR) is 74.7 cm³/mol. The molecule has 1 fully saturated rings. The van der Waals surface area contributed by atoms with Gasteiger partial charge in [-0.05, 0) is 37.1 Å². The summed E-state index contributed by atoms with van der Waals surface area (Å²) in [4.78, 5) is 4.50. The number of methoxy groups -OCH3 is 1. The minimum atomic E-state index is 0.223. The van der Waals surface area contributed by atoms with E-state index in [9.17, 15) is 0 Å². The summed E-state index contributed by atoms with van der Waals surface area (Å²) in [7, 11) is 1.66. The third-order valence-corrected chi connectivity index (χ3v) is 3.61. The molecule has 1 aromatic heterocycles. The topological polar surface area (TPSA) is 60.2 Å². The number of hydrogen-bond acceptors (Lipinski definition) is 5. The standard InChI is InChI=1S/C15H19N3O2/c1-19-12-7-5-11(6-8-12)10-14-17-15(20-18-14)13-4-2-3-9-16-13/h5-8,13,16H,2-4,9-10H2,1H3. The highest BCUT2D eigenvalue weighted by atomic mass is 16.5. The summed E-state index contributed by atoms with van der Waals surface area (Å²) in [5.74, 6) is 2.31. The Hall–Kier alpha value is -1.88. The number of hydrogen-bond donors (Lipinski definition) is 1. The van der Waals surface area contributed by atoms with Gasteiger partial charge in [-0.3, -0.25) is 0 Å². The van der Waals surface area contributed by atoms with Crippen molar-refractivity contribution >= 4 is 0 Å². The van der Waals surface area contributed by atoms with Crippen molar-refractivity contribution in [3.05, 3.63) is 41.5 Å². The highest BCUT2D eigenvalue weighted by Gasteiger charge is 2.20. The monoisotopic (exact) mass is 273 g/mol. The maximum absolute atomic E-state index is 5.37. The molecule has 0 spiro atoms. The molecule has 3 rings (SSSR count). The number of nitrogens with zero attached hydrogens (tertiary/aromatic N) is 2. The Balaban J connectivity index is 1.66. The Kier molecular flexibility index (Phi) is 3.97. The molecule has 1 atom stereocenters. The van der Waals surface area contributed by atoms with Crippen LogP contribution in [-0.4, -0.2) is 23.8 Å². The van der Waals surface area contributed by atoms with Crippen molar-refractivity contribution in [1.82, 2.24) is 15.5 Å². The van der Waals surface area contributed by atoms with Crippen LogP contribution in [0.4, 0.5) is 0 Å². The summed E-state index contributed by atoms with van der Waals surface area (Å²) in [6.07, 6.45) is 4.20. The summed E-state index contributed by atoms with van der Waals surface area (Å²) in [5.41, 5.74) is 1.15. The van der Waals surface area contributed by atoms with Crippen molar-refractivity contribution in [2.24, 2.45) is 0 Å². The van der Waals surface area contributed by atoms with Crippen LogP contribution in [0.3, 0.4) is 0 Å². The summed E-state index contributed by atoms with van der Waals surface area (Å²) in [5, 5.41) is 7.49. The molecule has 2 heterocycles. The lowest BCUT2D eigenvalue weighted by Crippen LogP contribution is -2.27. The number of aromatic nitrogens is 2. The maximum Gasteiger partial charge on any atom is 0.243 e. The van der Waals surface area contributed by atoms with Crippen LogP contribution < -0.4 is 10.1 Å². The minimum absolute atomic E-state index is 0.223. The molecule has 1 aromatic carbocycles. The zero-order chi connectivity index (χ0) is 13.8. The molecule has 0 amide bonds. The zero-order valence-corrected chi connectivity index (χ0v) is 11.6. The smallest absolute Gasteiger partial charge is 0.243 e. The highest BCUT2D eigenvalue weighted by molar-refractivity contribution is 5.28. The van der Waals surface area contributed by atoms with E-state index in [1.54, 1.807) is 7.11 Å². The molecule has 1 saturated heterocycles. The first-order valence-electron chi connectivity index (χ1n) is 7.04. The Morgan fingerprint density at radius 1 is 1.30 bits per heavy atom. The normalized spacial score (nSPS) is 18.9. The Morgan fingerprint density at radius 3 is 2.85 bits per heavy atom. The lowest BCUT2D eigenvalue weighted by Gasteiger charge is -2.19. The fourth-order valence-corrected chi connectivity index (χ4v) is 2.47. The quantitative estimate of drug-likeness (QED) is 0.927. The molecule has 5 nitrogen and oxygen atoms in total. The first-order valence-corrected chi connectivity index (χ1v) is 7.04. The zero-order valence-electron chi connectivity index (χ0n) is 11.6. The molecule has 5 heteroatoms. The molecular weight excluding hydrogens is 254 g/mol. The second-order valence-electron chi connectivity index (χ2n) is 5.08. The molecule has 1 unspecified atom stereocenters. The third kappa shape index (κ3) is 2.99. The molecule has 0 radical (unpaired) electrons. The molecule has 1 aliphatic heterocycles. The molecule has 1 aliphatic rings. The number of nitrogens with one attached hydrogen (secondary N) is 1. The van der Waals surface area contributed by atoms with Gasteiger partial charge in [0.1, 0.15) is 5.75 Å². The van der Waals surface area contributed by atoms with E-state index < -0.39 is 0 Å². The Bertz CT molecular complexity index is 545. The molecular formula is C15H19N3O2. The van der Waals surface area contributed by atoms with Gasteiger partial charge in [0.15, 0.2) is 5.82 Å². The van der Waals surface area contributed by atoms with Gasteiger partial charge < -0.3 is 14.6 Å². The Morgan fingerprint density at radius 2 is 2.15 bits per heavy atom. The van der Waals surface area contributed by atoms with Crippen LogP contribution in [0, 0.1) is 0 Å². The first-order chi connectivity index (χ1) is 9.85. The molecule has 2 aromatic rings. The number of ether oxygens (including phenoxy) is 1. The van der Waals surface area contributed by atoms with Crippen LogP contribution in [0.1, 0.15) is 42.6 Å². The number of benzene rings is 1. The number of piperidine rings is 1. The van der Waals surface area contributed by atoms with Crippen LogP contribution in [0.5, 0.6) is 5.75 Å². The van der Waals surface area contributed by atoms with Crippen LogP contribution in [0.15, 0.2) is 28.8 Å². The van der Waals surface area contributed by atoms with Gasteiger partial charge in [0.05, 0.1) is 13.2 Å². The van der Waals surface area contributed by atoms with Gasteiger partial charge in [0.2, 0.25) is 5.89 Å². The molecule has 1 N–H and O–H groups in total. The van der Waals surface area contributed by atoms with E-state index in [1.165, 1.54) is 12.8 Å². The van der Waals surface area contributed by atoms with Gasteiger partial charge in [-0.2, -0.15) is 4.98 Å². The number of rotatable bonds is 4. The predicted octanol–water partition coefficient (Wildman–Crippen LogP) is 2.48. The fraction of sp³-hybridized carbons (Fsp3) is 0.467. The van der Waals surface area contributed by atoms with Gasteiger partial charge in [0, 0.05) is 6.42 Å². The van der Waals surface area contributed by atoms with Crippen molar-refractivity contribution in [3.8, 4) is 5.75 Å². The van der Waals surface area contributed by atoms with E-state index in [-0.39, 0.29) is 6.04 Å². The maximum atomic E-state index is 5.37. The van der Waals surface area contributed by atoms with E-state index in [2.05, 4.69) is 15.5 Å². The molecule has 0 saturated carbocycles. The fourth-order valence-electron chi connectivity index (χ4n) is 2.47. The van der Waals surface area contributed by atoms with E-state index in [0.717, 1.165) is 30.1 Å². The summed E-state index contributed by atoms with van der Waals surface area (Å²) >= 11 is 0. The van der Waals surface area contributed by atoms with Crippen molar-refractivity contribution in [2.75, 3.05) is 13.7 Å². The van der Waals surface area contributed by atoms with Crippen molar-refractivity contribution in [3.63, 3.8) is 0 Å². The third-order valence-electron chi connectivity index (χ3n) is 3.61. The second kappa shape index (κ2) is 6.05. The van der Waals surface area contributed by atoms with Gasteiger partial charge in [-0.1, -0.05) is 23.7 Å². The Labute approximate surface area is 118 Å². The van der Waals surface area contributed by atoms with E-state index in [0.29, 0.717) is 12.3 Å². The highest BCUT2D eigenvalue weighted by Crippen LogP contribution is 2.22.